The van der Waals surface area contributed by atoms with Crippen LogP contribution < -0.4 is 5.32 Å². The highest BCUT2D eigenvalue weighted by Crippen LogP contribution is 2.37. The fourth-order valence-corrected chi connectivity index (χ4v) is 1.78. The molecule has 112 valence electrons. The first-order valence-corrected chi connectivity index (χ1v) is 6.31. The normalized spacial score (nSPS) is 11.7. The highest BCUT2D eigenvalue weighted by atomic mass is 19.4. The van der Waals surface area contributed by atoms with Crippen molar-refractivity contribution in [2.24, 2.45) is 5.92 Å². The van der Waals surface area contributed by atoms with Gasteiger partial charge in [0.2, 0.25) is 0 Å². The average Bonchev–Trinajstić information content (AvgIpc) is 2.33. The molecule has 0 aliphatic carbocycles. The lowest BCUT2D eigenvalue weighted by Gasteiger charge is -2.11. The van der Waals surface area contributed by atoms with E-state index in [4.69, 9.17) is 0 Å². The Morgan fingerprint density at radius 1 is 1.35 bits per heavy atom. The van der Waals surface area contributed by atoms with Crippen LogP contribution in [0.4, 0.5) is 24.5 Å². The third-order valence-corrected chi connectivity index (χ3v) is 2.79. The number of nitrogens with one attached hydrogen (secondary N) is 1. The molecule has 0 amide bonds. The Morgan fingerprint density at radius 3 is 2.50 bits per heavy atom. The van der Waals surface area contributed by atoms with E-state index in [0.717, 1.165) is 25.0 Å². The van der Waals surface area contributed by atoms with Crippen molar-refractivity contribution in [3.05, 3.63) is 33.9 Å². The lowest BCUT2D eigenvalue weighted by atomic mass is 10.1. The topological polar surface area (TPSA) is 55.2 Å². The van der Waals surface area contributed by atoms with Gasteiger partial charge in [-0.05, 0) is 30.9 Å². The zero-order valence-electron chi connectivity index (χ0n) is 11.3. The highest BCUT2D eigenvalue weighted by Gasteiger charge is 2.38. The van der Waals surface area contributed by atoms with E-state index < -0.39 is 22.4 Å². The van der Waals surface area contributed by atoms with E-state index >= 15 is 0 Å². The Labute approximate surface area is 115 Å². The Kier molecular flexibility index (Phi) is 5.35. The van der Waals surface area contributed by atoms with Crippen LogP contribution in [-0.2, 0) is 6.18 Å². The molecular formula is C13H17F3N2O2. The van der Waals surface area contributed by atoms with Crippen LogP contribution in [0.15, 0.2) is 18.2 Å². The molecule has 0 spiro atoms. The van der Waals surface area contributed by atoms with Crippen molar-refractivity contribution in [2.45, 2.75) is 32.9 Å². The molecule has 1 aromatic rings. The van der Waals surface area contributed by atoms with Crippen molar-refractivity contribution in [1.29, 1.82) is 0 Å². The van der Waals surface area contributed by atoms with E-state index in [1.54, 1.807) is 0 Å². The molecule has 0 aromatic heterocycles. The van der Waals surface area contributed by atoms with E-state index in [1.165, 1.54) is 6.07 Å². The first kappa shape index (κ1) is 16.3. The number of nitro benzene ring substituents is 1. The maximum Gasteiger partial charge on any atom is 0.423 e. The minimum absolute atomic E-state index is 0.242. The second-order valence-corrected chi connectivity index (χ2v) is 4.95. The Morgan fingerprint density at radius 2 is 2.00 bits per heavy atom. The summed E-state index contributed by atoms with van der Waals surface area (Å²) in [5.41, 5.74) is -1.91. The highest BCUT2D eigenvalue weighted by molar-refractivity contribution is 5.55. The lowest BCUT2D eigenvalue weighted by molar-refractivity contribution is -0.388. The van der Waals surface area contributed by atoms with Crippen LogP contribution in [0.3, 0.4) is 0 Å². The predicted octanol–water partition coefficient (Wildman–Crippen LogP) is 4.46. The van der Waals surface area contributed by atoms with Gasteiger partial charge in [-0.1, -0.05) is 13.8 Å². The molecule has 0 saturated carbocycles. The van der Waals surface area contributed by atoms with Crippen LogP contribution in [0.1, 0.15) is 32.3 Å². The fourth-order valence-electron chi connectivity index (χ4n) is 1.78. The maximum atomic E-state index is 12.8. The number of anilines is 1. The number of alkyl halides is 3. The third kappa shape index (κ3) is 4.71. The van der Waals surface area contributed by atoms with Gasteiger partial charge < -0.3 is 5.32 Å². The largest absolute Gasteiger partial charge is 0.423 e. The van der Waals surface area contributed by atoms with E-state index in [0.29, 0.717) is 12.5 Å². The molecule has 1 rings (SSSR count). The summed E-state index contributed by atoms with van der Waals surface area (Å²) in [5, 5.41) is 13.5. The van der Waals surface area contributed by atoms with Crippen molar-refractivity contribution in [1.82, 2.24) is 0 Å². The first-order chi connectivity index (χ1) is 9.21. The third-order valence-electron chi connectivity index (χ3n) is 2.79. The molecule has 0 fully saturated rings. The molecule has 20 heavy (non-hydrogen) atoms. The number of hydrogen-bond donors (Lipinski definition) is 1. The molecule has 0 heterocycles. The van der Waals surface area contributed by atoms with Gasteiger partial charge in [0.25, 0.3) is 5.69 Å². The molecule has 7 heteroatoms. The lowest BCUT2D eigenvalue weighted by Crippen LogP contribution is -2.10. The Balaban J connectivity index is 2.83. The van der Waals surface area contributed by atoms with Crippen molar-refractivity contribution in [2.75, 3.05) is 11.9 Å². The van der Waals surface area contributed by atoms with Gasteiger partial charge in [0, 0.05) is 18.3 Å². The van der Waals surface area contributed by atoms with Gasteiger partial charge in [-0.25, -0.2) is 0 Å². The molecule has 0 aliphatic heterocycles. The number of hydrogen-bond acceptors (Lipinski definition) is 3. The van der Waals surface area contributed by atoms with Crippen LogP contribution in [0, 0.1) is 16.0 Å². The minimum atomic E-state index is -4.74. The summed E-state index contributed by atoms with van der Waals surface area (Å²) in [5.74, 6) is 0.527. The van der Waals surface area contributed by atoms with Gasteiger partial charge in [0.15, 0.2) is 0 Å². The summed E-state index contributed by atoms with van der Waals surface area (Å²) in [4.78, 5) is 9.58. The van der Waals surface area contributed by atoms with Gasteiger partial charge in [-0.2, -0.15) is 13.2 Å². The molecule has 1 aromatic carbocycles. The number of nitro groups is 1. The summed E-state index contributed by atoms with van der Waals surface area (Å²) < 4.78 is 38.3. The number of halogens is 3. The number of nitrogens with zero attached hydrogens (tertiary/aromatic N) is 1. The van der Waals surface area contributed by atoms with E-state index in [-0.39, 0.29) is 5.69 Å². The Bertz CT molecular complexity index is 473. The Hall–Kier alpha value is -1.79. The second-order valence-electron chi connectivity index (χ2n) is 4.95. The fraction of sp³-hybridized carbons (Fsp3) is 0.538. The monoisotopic (exact) mass is 290 g/mol. The van der Waals surface area contributed by atoms with Crippen LogP contribution in [0.2, 0.25) is 0 Å². The molecule has 0 aliphatic rings. The van der Waals surface area contributed by atoms with Crippen LogP contribution >= 0.6 is 0 Å². The minimum Gasteiger partial charge on any atom is -0.385 e. The summed E-state index contributed by atoms with van der Waals surface area (Å²) in [6.45, 7) is 4.66. The molecule has 4 nitrogen and oxygen atoms in total. The number of rotatable bonds is 6. The summed E-state index contributed by atoms with van der Waals surface area (Å²) in [6, 6.07) is 2.96. The molecule has 0 bridgehead atoms. The van der Waals surface area contributed by atoms with E-state index in [1.807, 2.05) is 0 Å². The van der Waals surface area contributed by atoms with Crippen molar-refractivity contribution < 1.29 is 18.1 Å². The van der Waals surface area contributed by atoms with Crippen LogP contribution in [0.25, 0.3) is 0 Å². The van der Waals surface area contributed by atoms with Crippen LogP contribution in [0.5, 0.6) is 0 Å². The van der Waals surface area contributed by atoms with Crippen molar-refractivity contribution in [3.63, 3.8) is 0 Å². The van der Waals surface area contributed by atoms with E-state index in [2.05, 4.69) is 19.2 Å². The first-order valence-electron chi connectivity index (χ1n) is 6.31. The molecule has 0 atom stereocenters. The van der Waals surface area contributed by atoms with Crippen molar-refractivity contribution >= 4 is 11.4 Å². The molecule has 1 N–H and O–H groups in total. The zero-order valence-corrected chi connectivity index (χ0v) is 11.3. The van der Waals surface area contributed by atoms with Gasteiger partial charge in [0.05, 0.1) is 4.92 Å². The van der Waals surface area contributed by atoms with Gasteiger partial charge in [0.1, 0.15) is 5.56 Å². The van der Waals surface area contributed by atoms with Crippen LogP contribution in [-0.4, -0.2) is 11.5 Å². The second kappa shape index (κ2) is 6.58. The molecule has 0 saturated heterocycles. The van der Waals surface area contributed by atoms with Crippen molar-refractivity contribution in [3.8, 4) is 0 Å². The predicted molar refractivity (Wildman–Crippen MR) is 70.7 cm³/mol. The standard InChI is InChI=1S/C13H17F3N2O2/c1-9(2)4-3-7-17-10-5-6-12(18(19)20)11(8-10)13(14,15)16/h5-6,8-9,17H,3-4,7H2,1-2H3. The smallest absolute Gasteiger partial charge is 0.385 e. The summed E-state index contributed by atoms with van der Waals surface area (Å²) >= 11 is 0. The number of benzene rings is 1. The van der Waals surface area contributed by atoms with Gasteiger partial charge >= 0.3 is 6.18 Å². The average molecular weight is 290 g/mol. The van der Waals surface area contributed by atoms with E-state index in [9.17, 15) is 23.3 Å². The van der Waals surface area contributed by atoms with Gasteiger partial charge in [-0.3, -0.25) is 10.1 Å². The zero-order chi connectivity index (χ0) is 15.3. The quantitative estimate of drug-likeness (QED) is 0.478. The summed E-state index contributed by atoms with van der Waals surface area (Å²) in [6.07, 6.45) is -2.94. The summed E-state index contributed by atoms with van der Waals surface area (Å²) in [7, 11) is 0. The van der Waals surface area contributed by atoms with Gasteiger partial charge in [-0.15, -0.1) is 0 Å². The maximum absolute atomic E-state index is 12.8. The molecule has 0 unspecified atom stereocenters. The SMILES string of the molecule is CC(C)CCCNc1ccc([N+](=O)[O-])c(C(F)(F)F)c1. The molecule has 0 radical (unpaired) electrons. The molecular weight excluding hydrogens is 273 g/mol.